The van der Waals surface area contributed by atoms with E-state index in [0.717, 1.165) is 42.7 Å². The molecule has 4 rings (SSSR count). The summed E-state index contributed by atoms with van der Waals surface area (Å²) in [5.74, 6) is 1.08. The second kappa shape index (κ2) is 10.1. The molecule has 0 aromatic heterocycles. The van der Waals surface area contributed by atoms with Gasteiger partial charge in [-0.15, -0.1) is 0 Å². The molecule has 1 aliphatic heterocycles. The van der Waals surface area contributed by atoms with E-state index < -0.39 is 6.04 Å². The molecule has 1 N–H and O–H groups in total. The summed E-state index contributed by atoms with van der Waals surface area (Å²) in [7, 11) is 3.24. The molecule has 0 bridgehead atoms. The van der Waals surface area contributed by atoms with Crippen LogP contribution in [0.4, 0.5) is 5.69 Å². The van der Waals surface area contributed by atoms with Gasteiger partial charge in [0, 0.05) is 23.7 Å². The van der Waals surface area contributed by atoms with Crippen LogP contribution in [0.3, 0.4) is 0 Å². The van der Waals surface area contributed by atoms with Crippen LogP contribution >= 0.6 is 0 Å². The third-order valence-corrected chi connectivity index (χ3v) is 6.69. The van der Waals surface area contributed by atoms with Crippen LogP contribution in [-0.4, -0.2) is 32.1 Å². The second-order valence-electron chi connectivity index (χ2n) is 8.64. The maximum absolute atomic E-state index is 13.5. The fourth-order valence-electron chi connectivity index (χ4n) is 5.04. The molecule has 6 heteroatoms. The summed E-state index contributed by atoms with van der Waals surface area (Å²) in [6.07, 6.45) is 6.45. The van der Waals surface area contributed by atoms with E-state index in [1.807, 2.05) is 48.5 Å². The van der Waals surface area contributed by atoms with Crippen LogP contribution in [0, 0.1) is 5.92 Å². The molecule has 2 atom stereocenters. The highest BCUT2D eigenvalue weighted by Crippen LogP contribution is 2.43. The smallest absolute Gasteiger partial charge is 0.227 e. The first kappa shape index (κ1) is 22.2. The maximum Gasteiger partial charge on any atom is 0.227 e. The number of anilines is 1. The molecule has 0 radical (unpaired) electrons. The van der Waals surface area contributed by atoms with Gasteiger partial charge in [-0.2, -0.15) is 0 Å². The van der Waals surface area contributed by atoms with Crippen LogP contribution in [0.1, 0.15) is 56.6 Å². The minimum Gasteiger partial charge on any atom is -0.497 e. The van der Waals surface area contributed by atoms with Gasteiger partial charge in [-0.3, -0.25) is 9.59 Å². The first-order valence-electron chi connectivity index (χ1n) is 11.5. The Hall–Kier alpha value is -3.02. The van der Waals surface area contributed by atoms with Crippen molar-refractivity contribution in [2.24, 2.45) is 5.92 Å². The minimum atomic E-state index is -0.440. The number of hydrogen-bond acceptors (Lipinski definition) is 4. The van der Waals surface area contributed by atoms with Gasteiger partial charge in [0.2, 0.25) is 11.8 Å². The fraction of sp³-hybridized carbons (Fsp3) is 0.462. The molecule has 1 saturated heterocycles. The largest absolute Gasteiger partial charge is 0.497 e. The summed E-state index contributed by atoms with van der Waals surface area (Å²) in [5, 5.41) is 3.29. The number of methoxy groups -OCH3 is 2. The van der Waals surface area contributed by atoms with E-state index in [-0.39, 0.29) is 23.8 Å². The Bertz CT molecular complexity index is 937. The number of ether oxygens (including phenoxy) is 2. The molecule has 2 aromatic rings. The Morgan fingerprint density at radius 3 is 2.34 bits per heavy atom. The third-order valence-electron chi connectivity index (χ3n) is 6.69. The molecule has 1 aliphatic carbocycles. The van der Waals surface area contributed by atoms with Gasteiger partial charge in [0.05, 0.1) is 26.2 Å². The van der Waals surface area contributed by atoms with E-state index in [1.165, 1.54) is 6.42 Å². The van der Waals surface area contributed by atoms with E-state index in [2.05, 4.69) is 5.32 Å². The first-order chi connectivity index (χ1) is 15.6. The van der Waals surface area contributed by atoms with Gasteiger partial charge in [0.25, 0.3) is 0 Å². The summed E-state index contributed by atoms with van der Waals surface area (Å²) < 4.78 is 10.9. The Labute approximate surface area is 189 Å². The number of carbonyl (C=O) groups is 2. The Morgan fingerprint density at radius 1 is 0.938 bits per heavy atom. The lowest BCUT2D eigenvalue weighted by Crippen LogP contribution is -2.50. The van der Waals surface area contributed by atoms with Crippen LogP contribution in [0.2, 0.25) is 0 Å². The number of piperidine rings is 1. The number of nitrogens with one attached hydrogen (secondary N) is 1. The van der Waals surface area contributed by atoms with Crippen LogP contribution in [-0.2, 0) is 9.59 Å². The molecular formula is C26H32N2O4. The lowest BCUT2D eigenvalue weighted by atomic mass is 9.82. The maximum atomic E-state index is 13.5. The SMILES string of the molecule is COc1ccc(N2C(=O)CCC(C(=O)NC3CCCCC3)C2c2ccccc2OC)cc1. The highest BCUT2D eigenvalue weighted by atomic mass is 16.5. The molecule has 32 heavy (non-hydrogen) atoms. The molecule has 2 unspecified atom stereocenters. The molecule has 1 saturated carbocycles. The molecular weight excluding hydrogens is 404 g/mol. The number of amides is 2. The summed E-state index contributed by atoms with van der Waals surface area (Å²) >= 11 is 0. The molecule has 0 spiro atoms. The quantitative estimate of drug-likeness (QED) is 0.717. The van der Waals surface area contributed by atoms with Crippen molar-refractivity contribution in [3.05, 3.63) is 54.1 Å². The van der Waals surface area contributed by atoms with Crippen LogP contribution in [0.25, 0.3) is 0 Å². The molecule has 1 heterocycles. The lowest BCUT2D eigenvalue weighted by Gasteiger charge is -2.41. The predicted octanol–water partition coefficient (Wildman–Crippen LogP) is 4.64. The van der Waals surface area contributed by atoms with Crippen molar-refractivity contribution in [2.45, 2.75) is 57.0 Å². The molecule has 6 nitrogen and oxygen atoms in total. The van der Waals surface area contributed by atoms with E-state index in [0.29, 0.717) is 18.6 Å². The van der Waals surface area contributed by atoms with Crippen LogP contribution in [0.5, 0.6) is 11.5 Å². The van der Waals surface area contributed by atoms with E-state index >= 15 is 0 Å². The van der Waals surface area contributed by atoms with Crippen molar-refractivity contribution in [3.8, 4) is 11.5 Å². The molecule has 170 valence electrons. The Balaban J connectivity index is 1.72. The van der Waals surface area contributed by atoms with Crippen molar-refractivity contribution >= 4 is 17.5 Å². The van der Waals surface area contributed by atoms with Gasteiger partial charge in [0.1, 0.15) is 11.5 Å². The predicted molar refractivity (Wildman–Crippen MR) is 124 cm³/mol. The topological polar surface area (TPSA) is 67.9 Å². The van der Waals surface area contributed by atoms with Gasteiger partial charge in [-0.25, -0.2) is 0 Å². The van der Waals surface area contributed by atoms with Crippen molar-refractivity contribution in [1.82, 2.24) is 5.32 Å². The van der Waals surface area contributed by atoms with E-state index in [9.17, 15) is 9.59 Å². The van der Waals surface area contributed by atoms with Crippen LogP contribution < -0.4 is 19.7 Å². The van der Waals surface area contributed by atoms with Crippen molar-refractivity contribution < 1.29 is 19.1 Å². The molecule has 2 fully saturated rings. The van der Waals surface area contributed by atoms with Gasteiger partial charge >= 0.3 is 0 Å². The van der Waals surface area contributed by atoms with E-state index in [1.54, 1.807) is 19.1 Å². The average molecular weight is 437 g/mol. The van der Waals surface area contributed by atoms with Gasteiger partial charge in [-0.1, -0.05) is 37.5 Å². The summed E-state index contributed by atoms with van der Waals surface area (Å²) in [6, 6.07) is 14.9. The summed E-state index contributed by atoms with van der Waals surface area (Å²) in [5.41, 5.74) is 1.60. The number of nitrogens with zero attached hydrogens (tertiary/aromatic N) is 1. The fourth-order valence-corrected chi connectivity index (χ4v) is 5.04. The Morgan fingerprint density at radius 2 is 1.66 bits per heavy atom. The standard InChI is InChI=1S/C26H32N2O4/c1-31-20-14-12-19(13-15-20)28-24(29)17-16-22(26(30)27-18-8-4-3-5-9-18)25(28)21-10-6-7-11-23(21)32-2/h6-7,10-15,18,22,25H,3-5,8-9,16-17H2,1-2H3,(H,27,30). The third kappa shape index (κ3) is 4.59. The number of hydrogen-bond donors (Lipinski definition) is 1. The van der Waals surface area contributed by atoms with Crippen molar-refractivity contribution in [3.63, 3.8) is 0 Å². The van der Waals surface area contributed by atoms with Gasteiger partial charge < -0.3 is 19.7 Å². The average Bonchev–Trinajstić information content (AvgIpc) is 2.84. The lowest BCUT2D eigenvalue weighted by molar-refractivity contribution is -0.130. The zero-order valence-electron chi connectivity index (χ0n) is 18.9. The second-order valence-corrected chi connectivity index (χ2v) is 8.64. The van der Waals surface area contributed by atoms with Crippen LogP contribution in [0.15, 0.2) is 48.5 Å². The molecule has 2 aromatic carbocycles. The normalized spacial score (nSPS) is 21.8. The van der Waals surface area contributed by atoms with E-state index in [4.69, 9.17) is 9.47 Å². The number of rotatable bonds is 6. The number of benzene rings is 2. The van der Waals surface area contributed by atoms with Gasteiger partial charge in [-0.05, 0) is 49.6 Å². The number of carbonyl (C=O) groups excluding carboxylic acids is 2. The number of para-hydroxylation sites is 1. The molecule has 2 aliphatic rings. The minimum absolute atomic E-state index is 0.00721. The highest BCUT2D eigenvalue weighted by molar-refractivity contribution is 5.97. The van der Waals surface area contributed by atoms with Crippen molar-refractivity contribution in [1.29, 1.82) is 0 Å². The summed E-state index contributed by atoms with van der Waals surface area (Å²) in [4.78, 5) is 28.5. The monoisotopic (exact) mass is 436 g/mol. The van der Waals surface area contributed by atoms with Crippen molar-refractivity contribution in [2.75, 3.05) is 19.1 Å². The first-order valence-corrected chi connectivity index (χ1v) is 11.5. The van der Waals surface area contributed by atoms with Gasteiger partial charge in [0.15, 0.2) is 0 Å². The Kier molecular flexibility index (Phi) is 6.98. The molecule has 2 amide bonds. The summed E-state index contributed by atoms with van der Waals surface area (Å²) in [6.45, 7) is 0. The zero-order chi connectivity index (χ0) is 22.5. The highest BCUT2D eigenvalue weighted by Gasteiger charge is 2.43. The zero-order valence-corrected chi connectivity index (χ0v) is 18.9.